The lowest BCUT2D eigenvalue weighted by atomic mass is 10.1. The highest BCUT2D eigenvalue weighted by Gasteiger charge is 2.19. The minimum absolute atomic E-state index is 0.0555. The highest BCUT2D eigenvalue weighted by atomic mass is 32.1. The van der Waals surface area contributed by atoms with Crippen LogP contribution in [0.3, 0.4) is 0 Å². The first-order valence-corrected chi connectivity index (χ1v) is 11.1. The van der Waals surface area contributed by atoms with Gasteiger partial charge in [-0.25, -0.2) is 4.98 Å². The molecule has 1 fully saturated rings. The summed E-state index contributed by atoms with van der Waals surface area (Å²) >= 11 is 2.92. The average Bonchev–Trinajstić information content (AvgIpc) is 3.29. The third-order valence-electron chi connectivity index (χ3n) is 4.43. The van der Waals surface area contributed by atoms with Crippen molar-refractivity contribution in [3.05, 3.63) is 22.4 Å². The first kappa shape index (κ1) is 20.5. The Kier molecular flexibility index (Phi) is 7.16. The number of nitrogens with one attached hydrogen (secondary N) is 2. The molecular formula is C19H24N4O3S2. The molecule has 3 amide bonds. The molecule has 1 aliphatic heterocycles. The first-order valence-electron chi connectivity index (χ1n) is 9.38. The van der Waals surface area contributed by atoms with Crippen molar-refractivity contribution >= 4 is 45.5 Å². The van der Waals surface area contributed by atoms with Crippen LogP contribution in [-0.4, -0.2) is 40.7 Å². The van der Waals surface area contributed by atoms with E-state index < -0.39 is 0 Å². The standard InChI is InChI=1S/C19H24N4O3S2/c1-13(24)20-10-14-7-8-16(28-14)15-12-27-19(21-15)22-17(25)11-23-9-5-3-2-4-6-18(23)26/h7-8,12H,2-6,9-11H2,1H3,(H,20,24)(H,21,22,25). The van der Waals surface area contributed by atoms with Gasteiger partial charge in [-0.15, -0.1) is 22.7 Å². The molecule has 1 saturated heterocycles. The topological polar surface area (TPSA) is 91.4 Å². The zero-order valence-electron chi connectivity index (χ0n) is 15.8. The maximum atomic E-state index is 12.3. The number of hydrogen-bond donors (Lipinski definition) is 2. The summed E-state index contributed by atoms with van der Waals surface area (Å²) < 4.78 is 0. The van der Waals surface area contributed by atoms with Crippen LogP contribution in [-0.2, 0) is 20.9 Å². The fourth-order valence-electron chi connectivity index (χ4n) is 2.98. The third-order valence-corrected chi connectivity index (χ3v) is 6.30. The molecule has 0 aromatic carbocycles. The Morgan fingerprint density at radius 1 is 1.21 bits per heavy atom. The van der Waals surface area contributed by atoms with Crippen LogP contribution in [0.4, 0.5) is 5.13 Å². The normalized spacial score (nSPS) is 15.0. The molecule has 0 unspecified atom stereocenters. The number of amides is 3. The molecule has 2 N–H and O–H groups in total. The van der Waals surface area contributed by atoms with Gasteiger partial charge in [0, 0.05) is 30.1 Å². The molecule has 3 heterocycles. The van der Waals surface area contributed by atoms with E-state index in [0.717, 1.165) is 41.1 Å². The summed E-state index contributed by atoms with van der Waals surface area (Å²) in [4.78, 5) is 43.7. The highest BCUT2D eigenvalue weighted by molar-refractivity contribution is 7.17. The van der Waals surface area contributed by atoms with E-state index >= 15 is 0 Å². The summed E-state index contributed by atoms with van der Waals surface area (Å²) in [6.07, 6.45) is 4.56. The Balaban J connectivity index is 1.55. The van der Waals surface area contributed by atoms with Crippen molar-refractivity contribution in [2.45, 2.75) is 45.6 Å². The molecule has 0 radical (unpaired) electrons. The molecule has 0 bridgehead atoms. The van der Waals surface area contributed by atoms with E-state index in [1.807, 2.05) is 17.5 Å². The quantitative estimate of drug-likeness (QED) is 0.750. The molecule has 0 atom stereocenters. The largest absolute Gasteiger partial charge is 0.351 e. The molecule has 1 aliphatic rings. The third kappa shape index (κ3) is 5.87. The number of likely N-dealkylation sites (tertiary alicyclic amines) is 1. The Morgan fingerprint density at radius 3 is 2.86 bits per heavy atom. The lowest BCUT2D eigenvalue weighted by Gasteiger charge is -2.23. The molecule has 2 aromatic heterocycles. The van der Waals surface area contributed by atoms with Gasteiger partial charge in [-0.3, -0.25) is 14.4 Å². The van der Waals surface area contributed by atoms with Crippen LogP contribution in [0.1, 0.15) is 43.9 Å². The minimum atomic E-state index is -0.215. The van der Waals surface area contributed by atoms with Crippen LogP contribution in [0, 0.1) is 0 Å². The Labute approximate surface area is 172 Å². The monoisotopic (exact) mass is 420 g/mol. The Hall–Kier alpha value is -2.26. The lowest BCUT2D eigenvalue weighted by molar-refractivity contribution is -0.135. The number of carbonyl (C=O) groups excluding carboxylic acids is 3. The van der Waals surface area contributed by atoms with Gasteiger partial charge in [0.2, 0.25) is 17.7 Å². The molecule has 0 aliphatic carbocycles. The van der Waals surface area contributed by atoms with Crippen LogP contribution < -0.4 is 10.6 Å². The summed E-state index contributed by atoms with van der Waals surface area (Å²) in [7, 11) is 0. The summed E-state index contributed by atoms with van der Waals surface area (Å²) in [6.45, 7) is 2.71. The number of carbonyl (C=O) groups is 3. The lowest BCUT2D eigenvalue weighted by Crippen LogP contribution is -2.39. The second-order valence-corrected chi connectivity index (χ2v) is 8.77. The fraction of sp³-hybridized carbons (Fsp3) is 0.474. The van der Waals surface area contributed by atoms with Gasteiger partial charge in [0.1, 0.15) is 0 Å². The molecule has 9 heteroatoms. The van der Waals surface area contributed by atoms with Crippen molar-refractivity contribution in [3.8, 4) is 10.6 Å². The van der Waals surface area contributed by atoms with Gasteiger partial charge in [0.15, 0.2) is 5.13 Å². The summed E-state index contributed by atoms with van der Waals surface area (Å²) in [5, 5.41) is 8.00. The van der Waals surface area contributed by atoms with E-state index in [-0.39, 0.29) is 24.3 Å². The van der Waals surface area contributed by atoms with Gasteiger partial charge < -0.3 is 15.5 Å². The predicted molar refractivity (Wildman–Crippen MR) is 111 cm³/mol. The molecule has 3 rings (SSSR count). The maximum Gasteiger partial charge on any atom is 0.245 e. The van der Waals surface area contributed by atoms with E-state index in [0.29, 0.717) is 24.6 Å². The van der Waals surface area contributed by atoms with E-state index in [4.69, 9.17) is 0 Å². The summed E-state index contributed by atoms with van der Waals surface area (Å²) in [5.41, 5.74) is 0.793. The van der Waals surface area contributed by atoms with Crippen LogP contribution in [0.5, 0.6) is 0 Å². The van der Waals surface area contributed by atoms with Gasteiger partial charge in [-0.05, 0) is 25.0 Å². The number of hydrogen-bond acceptors (Lipinski definition) is 6. The van der Waals surface area contributed by atoms with E-state index in [9.17, 15) is 14.4 Å². The fourth-order valence-corrected chi connectivity index (χ4v) is 4.69. The molecule has 0 spiro atoms. The van der Waals surface area contributed by atoms with Gasteiger partial charge in [0.05, 0.1) is 23.7 Å². The van der Waals surface area contributed by atoms with Crippen molar-refractivity contribution < 1.29 is 14.4 Å². The number of nitrogens with zero attached hydrogens (tertiary/aromatic N) is 2. The highest BCUT2D eigenvalue weighted by Crippen LogP contribution is 2.30. The van der Waals surface area contributed by atoms with Gasteiger partial charge in [-0.1, -0.05) is 12.8 Å². The smallest absolute Gasteiger partial charge is 0.245 e. The van der Waals surface area contributed by atoms with Crippen LogP contribution in [0.2, 0.25) is 0 Å². The molecule has 7 nitrogen and oxygen atoms in total. The summed E-state index contributed by atoms with van der Waals surface area (Å²) in [6, 6.07) is 3.92. The van der Waals surface area contributed by atoms with Crippen molar-refractivity contribution in [1.82, 2.24) is 15.2 Å². The van der Waals surface area contributed by atoms with E-state index in [1.54, 1.807) is 16.2 Å². The van der Waals surface area contributed by atoms with E-state index in [2.05, 4.69) is 15.6 Å². The molecule has 0 saturated carbocycles. The van der Waals surface area contributed by atoms with Crippen molar-refractivity contribution in [3.63, 3.8) is 0 Å². The second-order valence-electron chi connectivity index (χ2n) is 6.74. The van der Waals surface area contributed by atoms with E-state index in [1.165, 1.54) is 18.3 Å². The van der Waals surface area contributed by atoms with Crippen LogP contribution in [0.15, 0.2) is 17.5 Å². The first-order chi connectivity index (χ1) is 13.5. The van der Waals surface area contributed by atoms with Crippen molar-refractivity contribution in [2.24, 2.45) is 0 Å². The van der Waals surface area contributed by atoms with Crippen LogP contribution in [0.25, 0.3) is 10.6 Å². The Morgan fingerprint density at radius 2 is 2.04 bits per heavy atom. The molecular weight excluding hydrogens is 396 g/mol. The predicted octanol–water partition coefficient (Wildman–Crippen LogP) is 3.24. The van der Waals surface area contributed by atoms with Gasteiger partial charge in [0.25, 0.3) is 0 Å². The number of thiophene rings is 1. The van der Waals surface area contributed by atoms with Gasteiger partial charge in [-0.2, -0.15) is 0 Å². The SMILES string of the molecule is CC(=O)NCc1ccc(-c2csc(NC(=O)CN3CCCCCCC3=O)n2)s1. The average molecular weight is 421 g/mol. The molecule has 150 valence electrons. The molecule has 2 aromatic rings. The Bertz CT molecular complexity index is 846. The number of aromatic nitrogens is 1. The summed E-state index contributed by atoms with van der Waals surface area (Å²) in [5.74, 6) is -0.223. The minimum Gasteiger partial charge on any atom is -0.351 e. The zero-order chi connectivity index (χ0) is 19.9. The van der Waals surface area contributed by atoms with Crippen molar-refractivity contribution in [1.29, 1.82) is 0 Å². The maximum absolute atomic E-state index is 12.3. The number of anilines is 1. The van der Waals surface area contributed by atoms with Gasteiger partial charge >= 0.3 is 0 Å². The molecule has 28 heavy (non-hydrogen) atoms. The number of rotatable bonds is 6. The number of thiazole rings is 1. The second kappa shape index (κ2) is 9.79. The zero-order valence-corrected chi connectivity index (χ0v) is 17.5. The van der Waals surface area contributed by atoms with Crippen LogP contribution >= 0.6 is 22.7 Å². The van der Waals surface area contributed by atoms with Crippen molar-refractivity contribution in [2.75, 3.05) is 18.4 Å².